The van der Waals surface area contributed by atoms with Gasteiger partial charge in [-0.05, 0) is 86.2 Å². The van der Waals surface area contributed by atoms with Crippen LogP contribution in [-0.4, -0.2) is 28.8 Å². The maximum Gasteiger partial charge on any atom is 0.303 e. The molecule has 0 aromatic heterocycles. The third-order valence-electron chi connectivity index (χ3n) is 8.22. The van der Waals surface area contributed by atoms with E-state index in [-0.39, 0.29) is 23.8 Å². The molecule has 1 unspecified atom stereocenters. The molecule has 3 aliphatic carbocycles. The van der Waals surface area contributed by atoms with Crippen LogP contribution in [0.3, 0.4) is 0 Å². The Kier molecular flexibility index (Phi) is 8.26. The number of rotatable bonds is 8. The van der Waals surface area contributed by atoms with E-state index in [0.29, 0.717) is 12.3 Å². The molecule has 1 heterocycles. The molecule has 4 aliphatic rings. The van der Waals surface area contributed by atoms with Gasteiger partial charge in [-0.3, -0.25) is 9.59 Å². The highest BCUT2D eigenvalue weighted by Crippen LogP contribution is 2.48. The van der Waals surface area contributed by atoms with Gasteiger partial charge in [0, 0.05) is 18.2 Å². The van der Waals surface area contributed by atoms with Crippen LogP contribution in [0.5, 0.6) is 0 Å². The molecular weight excluding hydrogens is 454 g/mol. The summed E-state index contributed by atoms with van der Waals surface area (Å²) in [5.41, 5.74) is 6.16. The van der Waals surface area contributed by atoms with Crippen LogP contribution < -0.4 is 5.32 Å². The number of fused-ring (bicyclic) bond motifs is 3. The van der Waals surface area contributed by atoms with Gasteiger partial charge in [0.25, 0.3) is 5.91 Å². The summed E-state index contributed by atoms with van der Waals surface area (Å²) in [5.74, 6) is 0.667. The third-order valence-corrected chi connectivity index (χ3v) is 9.44. The van der Waals surface area contributed by atoms with E-state index in [4.69, 9.17) is 5.11 Å². The summed E-state index contributed by atoms with van der Waals surface area (Å²) >= 11 is 1.76. The number of aliphatic carboxylic acids is 1. The molecule has 0 aromatic carbocycles. The van der Waals surface area contributed by atoms with Crippen LogP contribution >= 0.6 is 11.8 Å². The van der Waals surface area contributed by atoms with Gasteiger partial charge in [-0.25, -0.2) is 0 Å². The second kappa shape index (κ2) is 11.2. The average molecular weight is 494 g/mol. The minimum absolute atomic E-state index is 0.0346. The van der Waals surface area contributed by atoms with Gasteiger partial charge in [0.15, 0.2) is 0 Å². The second-order valence-electron chi connectivity index (χ2n) is 10.7. The van der Waals surface area contributed by atoms with Gasteiger partial charge < -0.3 is 10.4 Å². The number of amides is 1. The molecule has 0 radical (unpaired) electrons. The predicted octanol–water partition coefficient (Wildman–Crippen LogP) is 7.03. The molecule has 4 rings (SSSR count). The molecule has 0 saturated heterocycles. The SMILES string of the molecule is CCC1(CCC(=O)O)CC(NC(=O)C2=C(C)SCC(C)=C2CC2=C\C3C=CC=C(C/C=C\2)CC3)C1. The lowest BCUT2D eigenvalue weighted by atomic mass is 9.61. The predicted molar refractivity (Wildman–Crippen MR) is 145 cm³/mol. The minimum Gasteiger partial charge on any atom is -0.481 e. The quantitative estimate of drug-likeness (QED) is 0.381. The first-order valence-electron chi connectivity index (χ1n) is 13.1. The van der Waals surface area contributed by atoms with Gasteiger partial charge >= 0.3 is 5.97 Å². The summed E-state index contributed by atoms with van der Waals surface area (Å²) in [6.45, 7) is 6.37. The van der Waals surface area contributed by atoms with Crippen molar-refractivity contribution in [1.82, 2.24) is 5.32 Å². The fourth-order valence-electron chi connectivity index (χ4n) is 5.91. The smallest absolute Gasteiger partial charge is 0.303 e. The van der Waals surface area contributed by atoms with Crippen LogP contribution in [0.25, 0.3) is 0 Å². The van der Waals surface area contributed by atoms with Crippen LogP contribution in [-0.2, 0) is 9.59 Å². The van der Waals surface area contributed by atoms with Crippen molar-refractivity contribution in [2.75, 3.05) is 5.75 Å². The molecule has 1 atom stereocenters. The van der Waals surface area contributed by atoms with Crippen molar-refractivity contribution in [2.24, 2.45) is 11.3 Å². The van der Waals surface area contributed by atoms with E-state index < -0.39 is 5.97 Å². The monoisotopic (exact) mass is 493 g/mol. The number of carboxylic acid groups (broad SMARTS) is 1. The number of allylic oxidation sites excluding steroid dienone is 9. The Morgan fingerprint density at radius 1 is 1.26 bits per heavy atom. The zero-order valence-electron chi connectivity index (χ0n) is 21.4. The van der Waals surface area contributed by atoms with Crippen LogP contribution in [0.1, 0.15) is 78.6 Å². The van der Waals surface area contributed by atoms with Crippen molar-refractivity contribution in [3.8, 4) is 0 Å². The van der Waals surface area contributed by atoms with E-state index in [2.05, 4.69) is 62.5 Å². The number of thioether (sulfide) groups is 1. The molecule has 2 N–H and O–H groups in total. The number of nitrogens with one attached hydrogen (secondary N) is 1. The highest BCUT2D eigenvalue weighted by molar-refractivity contribution is 8.03. The standard InChI is InChI=1S/C30H39NO3S/c1-4-30(14-13-27(32)33)17-25(18-30)31-29(34)28-21(3)35-19-20(2)26(28)16-24-10-6-8-22-7-5-9-23(15-24)12-11-22/h5-7,9-10,15,23,25H,4,8,11-14,16-19H2,1-3H3,(H,31,34)(H,32,33)/b10-6-,24-15-. The fourth-order valence-corrected chi connectivity index (χ4v) is 6.88. The van der Waals surface area contributed by atoms with Crippen molar-refractivity contribution in [1.29, 1.82) is 0 Å². The summed E-state index contributed by atoms with van der Waals surface area (Å²) in [7, 11) is 0. The van der Waals surface area contributed by atoms with Crippen molar-refractivity contribution < 1.29 is 14.7 Å². The number of carboxylic acids is 1. The van der Waals surface area contributed by atoms with Gasteiger partial charge in [0.2, 0.25) is 0 Å². The summed E-state index contributed by atoms with van der Waals surface area (Å²) < 4.78 is 0. The molecule has 1 aliphatic heterocycles. The van der Waals surface area contributed by atoms with Gasteiger partial charge in [0.1, 0.15) is 0 Å². The summed E-state index contributed by atoms with van der Waals surface area (Å²) in [5, 5.41) is 12.4. The maximum atomic E-state index is 13.6. The fraction of sp³-hybridized carbons (Fsp3) is 0.533. The molecule has 1 saturated carbocycles. The van der Waals surface area contributed by atoms with Crippen molar-refractivity contribution in [2.45, 2.75) is 84.6 Å². The highest BCUT2D eigenvalue weighted by Gasteiger charge is 2.43. The van der Waals surface area contributed by atoms with Crippen LogP contribution in [0, 0.1) is 11.3 Å². The average Bonchev–Trinajstić information content (AvgIpc) is 2.97. The molecule has 5 heteroatoms. The minimum atomic E-state index is -0.736. The molecule has 1 amide bonds. The van der Waals surface area contributed by atoms with Gasteiger partial charge in [0.05, 0.1) is 5.57 Å². The molecule has 35 heavy (non-hydrogen) atoms. The lowest BCUT2D eigenvalue weighted by Gasteiger charge is -2.48. The summed E-state index contributed by atoms with van der Waals surface area (Å²) in [4.78, 5) is 25.7. The Morgan fingerprint density at radius 2 is 2.06 bits per heavy atom. The van der Waals surface area contributed by atoms with Crippen LogP contribution in [0.4, 0.5) is 0 Å². The van der Waals surface area contributed by atoms with E-state index in [1.54, 1.807) is 11.8 Å². The number of carbonyl (C=O) groups excluding carboxylic acids is 1. The zero-order chi connectivity index (χ0) is 25.0. The Balaban J connectivity index is 1.47. The first kappa shape index (κ1) is 25.8. The summed E-state index contributed by atoms with van der Waals surface area (Å²) in [6.07, 6.45) is 21.4. The lowest BCUT2D eigenvalue weighted by Crippen LogP contribution is -2.51. The van der Waals surface area contributed by atoms with Gasteiger partial charge in [-0.2, -0.15) is 0 Å². The van der Waals surface area contributed by atoms with E-state index >= 15 is 0 Å². The normalized spacial score (nSPS) is 30.8. The van der Waals surface area contributed by atoms with E-state index in [1.165, 1.54) is 22.3 Å². The molecule has 188 valence electrons. The zero-order valence-corrected chi connectivity index (χ0v) is 22.2. The van der Waals surface area contributed by atoms with E-state index in [9.17, 15) is 9.59 Å². The number of hydrogen-bond donors (Lipinski definition) is 2. The van der Waals surface area contributed by atoms with Crippen molar-refractivity contribution in [3.05, 3.63) is 69.2 Å². The molecule has 4 nitrogen and oxygen atoms in total. The molecule has 0 aromatic rings. The molecule has 0 spiro atoms. The Bertz CT molecular complexity index is 1050. The molecule has 1 fully saturated rings. The van der Waals surface area contributed by atoms with Crippen LogP contribution in [0.2, 0.25) is 0 Å². The van der Waals surface area contributed by atoms with Crippen molar-refractivity contribution >= 4 is 23.6 Å². The first-order chi connectivity index (χ1) is 16.8. The molecular formula is C30H39NO3S. The maximum absolute atomic E-state index is 13.6. The first-order valence-corrected chi connectivity index (χ1v) is 14.1. The van der Waals surface area contributed by atoms with E-state index in [1.807, 2.05) is 0 Å². The van der Waals surface area contributed by atoms with Gasteiger partial charge in [-0.1, -0.05) is 60.9 Å². The second-order valence-corrected chi connectivity index (χ2v) is 11.9. The third kappa shape index (κ3) is 6.30. The number of hydrogen-bond acceptors (Lipinski definition) is 3. The Labute approximate surface area is 214 Å². The largest absolute Gasteiger partial charge is 0.481 e. The Hall–Kier alpha value is -2.27. The number of carbonyl (C=O) groups is 2. The van der Waals surface area contributed by atoms with Gasteiger partial charge in [-0.15, -0.1) is 11.8 Å². The van der Waals surface area contributed by atoms with Crippen LogP contribution in [0.15, 0.2) is 69.2 Å². The van der Waals surface area contributed by atoms with E-state index in [0.717, 1.165) is 61.2 Å². The topological polar surface area (TPSA) is 66.4 Å². The molecule has 2 bridgehead atoms. The Morgan fingerprint density at radius 3 is 2.80 bits per heavy atom. The highest BCUT2D eigenvalue weighted by atomic mass is 32.2. The summed E-state index contributed by atoms with van der Waals surface area (Å²) in [6, 6.07) is 0.131. The lowest BCUT2D eigenvalue weighted by molar-refractivity contribution is -0.138. The van der Waals surface area contributed by atoms with Crippen molar-refractivity contribution in [3.63, 3.8) is 0 Å².